The van der Waals surface area contributed by atoms with Gasteiger partial charge in [-0.2, -0.15) is 0 Å². The van der Waals surface area contributed by atoms with Crippen molar-refractivity contribution in [3.63, 3.8) is 0 Å². The van der Waals surface area contributed by atoms with Gasteiger partial charge in [0.1, 0.15) is 4.88 Å². The maximum absolute atomic E-state index is 10.8. The Labute approximate surface area is 95.5 Å². The minimum atomic E-state index is -0.422. The van der Waals surface area contributed by atoms with E-state index in [0.29, 0.717) is 21.8 Å². The van der Waals surface area contributed by atoms with Crippen molar-refractivity contribution in [2.45, 2.75) is 0 Å². The molecule has 0 atom stereocenters. The largest absolute Gasteiger partial charge is 0.399 e. The average Bonchev–Trinajstić information content (AvgIpc) is 2.70. The molecule has 0 fully saturated rings. The van der Waals surface area contributed by atoms with Crippen molar-refractivity contribution in [2.24, 2.45) is 0 Å². The maximum atomic E-state index is 10.8. The van der Waals surface area contributed by atoms with Crippen LogP contribution in [-0.4, -0.2) is 4.92 Å². The van der Waals surface area contributed by atoms with Crippen molar-refractivity contribution in [3.8, 4) is 10.4 Å². The summed E-state index contributed by atoms with van der Waals surface area (Å²) in [6, 6.07) is 6.42. The number of hydrogen-bond donors (Lipinski definition) is 2. The number of nitrogens with two attached hydrogens (primary N) is 2. The Morgan fingerprint density at radius 1 is 1.25 bits per heavy atom. The Balaban J connectivity index is 2.62. The number of benzene rings is 1. The van der Waals surface area contributed by atoms with E-state index in [2.05, 4.69) is 0 Å². The third-order valence-corrected chi connectivity index (χ3v) is 3.10. The van der Waals surface area contributed by atoms with Gasteiger partial charge in [0.2, 0.25) is 0 Å². The lowest BCUT2D eigenvalue weighted by molar-refractivity contribution is -0.383. The standard InChI is InChI=1S/C10H9N3O2S/c11-6-1-2-8(12)7(5-6)10-9(13(14)15)3-4-16-10/h1-5H,11-12H2. The van der Waals surface area contributed by atoms with Gasteiger partial charge in [-0.15, -0.1) is 11.3 Å². The van der Waals surface area contributed by atoms with Gasteiger partial charge in [0, 0.05) is 23.0 Å². The van der Waals surface area contributed by atoms with Crippen LogP contribution in [0.25, 0.3) is 10.4 Å². The zero-order valence-electron chi connectivity index (χ0n) is 8.21. The van der Waals surface area contributed by atoms with E-state index < -0.39 is 4.92 Å². The minimum absolute atomic E-state index is 0.0577. The summed E-state index contributed by atoms with van der Waals surface area (Å²) in [7, 11) is 0. The fourth-order valence-electron chi connectivity index (χ4n) is 1.42. The molecule has 5 nitrogen and oxygen atoms in total. The van der Waals surface area contributed by atoms with E-state index >= 15 is 0 Å². The van der Waals surface area contributed by atoms with Crippen molar-refractivity contribution in [1.29, 1.82) is 0 Å². The van der Waals surface area contributed by atoms with Crippen LogP contribution >= 0.6 is 11.3 Å². The van der Waals surface area contributed by atoms with Crippen LogP contribution in [0.3, 0.4) is 0 Å². The molecular formula is C10H9N3O2S. The van der Waals surface area contributed by atoms with E-state index in [9.17, 15) is 10.1 Å². The first-order chi connectivity index (χ1) is 7.59. The van der Waals surface area contributed by atoms with Crippen molar-refractivity contribution >= 4 is 28.4 Å². The molecule has 0 aliphatic heterocycles. The minimum Gasteiger partial charge on any atom is -0.399 e. The molecule has 1 aromatic carbocycles. The number of nitrogen functional groups attached to an aromatic ring is 2. The molecule has 0 spiro atoms. The summed E-state index contributed by atoms with van der Waals surface area (Å²) in [6.45, 7) is 0. The second kappa shape index (κ2) is 3.82. The van der Waals surface area contributed by atoms with Gasteiger partial charge in [0.25, 0.3) is 5.69 Å². The number of thiophene rings is 1. The van der Waals surface area contributed by atoms with Crippen LogP contribution in [-0.2, 0) is 0 Å². The molecule has 16 heavy (non-hydrogen) atoms. The molecule has 0 unspecified atom stereocenters. The zero-order chi connectivity index (χ0) is 11.7. The molecule has 0 aliphatic rings. The van der Waals surface area contributed by atoms with Crippen LogP contribution in [0, 0.1) is 10.1 Å². The van der Waals surface area contributed by atoms with Crippen LogP contribution in [0.4, 0.5) is 17.1 Å². The summed E-state index contributed by atoms with van der Waals surface area (Å²) < 4.78 is 0. The topological polar surface area (TPSA) is 95.2 Å². The molecule has 0 saturated heterocycles. The SMILES string of the molecule is Nc1ccc(N)c(-c2sccc2[N+](=O)[O-])c1. The predicted molar refractivity (Wildman–Crippen MR) is 65.2 cm³/mol. The fraction of sp³-hybridized carbons (Fsp3) is 0. The summed E-state index contributed by atoms with van der Waals surface area (Å²) in [4.78, 5) is 10.9. The van der Waals surface area contributed by atoms with E-state index in [4.69, 9.17) is 11.5 Å². The number of hydrogen-bond acceptors (Lipinski definition) is 5. The number of nitro groups is 1. The molecule has 1 aromatic heterocycles. The van der Waals surface area contributed by atoms with Crippen LogP contribution in [0.5, 0.6) is 0 Å². The van der Waals surface area contributed by atoms with Gasteiger partial charge < -0.3 is 11.5 Å². The summed E-state index contributed by atoms with van der Waals surface area (Å²) in [6.07, 6.45) is 0. The Hall–Kier alpha value is -2.08. The van der Waals surface area contributed by atoms with Gasteiger partial charge >= 0.3 is 0 Å². The van der Waals surface area contributed by atoms with E-state index in [0.717, 1.165) is 0 Å². The Morgan fingerprint density at radius 3 is 2.69 bits per heavy atom. The molecule has 0 aliphatic carbocycles. The predicted octanol–water partition coefficient (Wildman–Crippen LogP) is 2.49. The molecule has 0 saturated carbocycles. The highest BCUT2D eigenvalue weighted by Crippen LogP contribution is 2.38. The van der Waals surface area contributed by atoms with E-state index in [1.165, 1.54) is 17.4 Å². The molecule has 2 rings (SSSR count). The molecule has 2 aromatic rings. The van der Waals surface area contributed by atoms with E-state index in [1.54, 1.807) is 23.6 Å². The lowest BCUT2D eigenvalue weighted by Gasteiger charge is -2.04. The number of nitrogens with zero attached hydrogens (tertiary/aromatic N) is 1. The summed E-state index contributed by atoms with van der Waals surface area (Å²) in [5.74, 6) is 0. The third-order valence-electron chi connectivity index (χ3n) is 2.16. The first-order valence-electron chi connectivity index (χ1n) is 4.47. The second-order valence-electron chi connectivity index (χ2n) is 3.24. The van der Waals surface area contributed by atoms with Crippen LogP contribution in [0.15, 0.2) is 29.6 Å². The summed E-state index contributed by atoms with van der Waals surface area (Å²) >= 11 is 1.28. The first-order valence-corrected chi connectivity index (χ1v) is 5.35. The van der Waals surface area contributed by atoms with Crippen molar-refractivity contribution < 1.29 is 4.92 Å². The molecule has 6 heteroatoms. The van der Waals surface area contributed by atoms with Crippen molar-refractivity contribution in [3.05, 3.63) is 39.8 Å². The lowest BCUT2D eigenvalue weighted by atomic mass is 10.1. The highest BCUT2D eigenvalue weighted by Gasteiger charge is 2.18. The highest BCUT2D eigenvalue weighted by atomic mass is 32.1. The van der Waals surface area contributed by atoms with Gasteiger partial charge in [-0.1, -0.05) is 0 Å². The monoisotopic (exact) mass is 235 g/mol. The van der Waals surface area contributed by atoms with Gasteiger partial charge in [-0.05, 0) is 23.6 Å². The first kappa shape index (κ1) is 10.4. The Morgan fingerprint density at radius 2 is 2.00 bits per heavy atom. The summed E-state index contributed by atoms with van der Waals surface area (Å²) in [5, 5.41) is 12.5. The van der Waals surface area contributed by atoms with Crippen molar-refractivity contribution in [1.82, 2.24) is 0 Å². The molecule has 0 bridgehead atoms. The average molecular weight is 235 g/mol. The maximum Gasteiger partial charge on any atom is 0.287 e. The third kappa shape index (κ3) is 1.70. The summed E-state index contributed by atoms with van der Waals surface area (Å²) in [5.41, 5.74) is 13.1. The van der Waals surface area contributed by atoms with Crippen molar-refractivity contribution in [2.75, 3.05) is 11.5 Å². The van der Waals surface area contributed by atoms with Gasteiger partial charge in [-0.25, -0.2) is 0 Å². The normalized spacial score (nSPS) is 10.2. The van der Waals surface area contributed by atoms with Crippen LogP contribution in [0.2, 0.25) is 0 Å². The van der Waals surface area contributed by atoms with Crippen LogP contribution in [0.1, 0.15) is 0 Å². The smallest absolute Gasteiger partial charge is 0.287 e. The fourth-order valence-corrected chi connectivity index (χ4v) is 2.32. The molecule has 0 amide bonds. The number of anilines is 2. The molecule has 1 heterocycles. The lowest BCUT2D eigenvalue weighted by Crippen LogP contribution is -1.94. The molecule has 0 radical (unpaired) electrons. The quantitative estimate of drug-likeness (QED) is 0.475. The highest BCUT2D eigenvalue weighted by molar-refractivity contribution is 7.14. The molecule has 4 N–H and O–H groups in total. The Kier molecular flexibility index (Phi) is 2.49. The Bertz CT molecular complexity index is 551. The zero-order valence-corrected chi connectivity index (χ0v) is 9.03. The van der Waals surface area contributed by atoms with Gasteiger partial charge in [0.05, 0.1) is 4.92 Å². The van der Waals surface area contributed by atoms with Crippen LogP contribution < -0.4 is 11.5 Å². The van der Waals surface area contributed by atoms with E-state index in [1.807, 2.05) is 0 Å². The molecular weight excluding hydrogens is 226 g/mol. The van der Waals surface area contributed by atoms with Gasteiger partial charge in [-0.3, -0.25) is 10.1 Å². The number of rotatable bonds is 2. The van der Waals surface area contributed by atoms with Gasteiger partial charge in [0.15, 0.2) is 0 Å². The second-order valence-corrected chi connectivity index (χ2v) is 4.15. The molecule has 82 valence electrons. The van der Waals surface area contributed by atoms with E-state index in [-0.39, 0.29) is 5.69 Å².